The van der Waals surface area contributed by atoms with Crippen molar-refractivity contribution in [2.24, 2.45) is 0 Å². The maximum absolute atomic E-state index is 13.3. The second kappa shape index (κ2) is 10.2. The average Bonchev–Trinajstić information content (AvgIpc) is 2.73. The standard InChI is InChI=1S/C22H23FN4O2/c23-18-11-6-10-17(13-18)14-25-22-26-15-19(21(28)29)20(27-22)24-12-5-4-9-16-7-2-1-3-8-16/h1-3,6-8,10-11,13,15H,4-5,9,12,14H2,(H,28,29)(H2,24,25,26,27). The molecule has 0 radical (unpaired) electrons. The Morgan fingerprint density at radius 3 is 2.55 bits per heavy atom. The van der Waals surface area contributed by atoms with Crippen LogP contribution >= 0.6 is 0 Å². The minimum Gasteiger partial charge on any atom is -0.477 e. The van der Waals surface area contributed by atoms with Crippen LogP contribution in [0, 0.1) is 5.82 Å². The van der Waals surface area contributed by atoms with Crippen molar-refractivity contribution in [2.75, 3.05) is 17.2 Å². The molecule has 3 rings (SSSR count). The van der Waals surface area contributed by atoms with Crippen LogP contribution in [0.2, 0.25) is 0 Å². The first kappa shape index (κ1) is 20.3. The summed E-state index contributed by atoms with van der Waals surface area (Å²) in [7, 11) is 0. The summed E-state index contributed by atoms with van der Waals surface area (Å²) >= 11 is 0. The van der Waals surface area contributed by atoms with Crippen LogP contribution in [-0.4, -0.2) is 27.6 Å². The molecule has 0 aliphatic heterocycles. The highest BCUT2D eigenvalue weighted by atomic mass is 19.1. The van der Waals surface area contributed by atoms with Crippen molar-refractivity contribution >= 4 is 17.7 Å². The second-order valence-corrected chi connectivity index (χ2v) is 6.61. The molecular formula is C22H23FN4O2. The quantitative estimate of drug-likeness (QED) is 0.443. The van der Waals surface area contributed by atoms with Crippen LogP contribution in [-0.2, 0) is 13.0 Å². The highest BCUT2D eigenvalue weighted by Gasteiger charge is 2.13. The van der Waals surface area contributed by atoms with Crippen LogP contribution in [0.25, 0.3) is 0 Å². The third-order valence-electron chi connectivity index (χ3n) is 4.39. The minimum absolute atomic E-state index is 0.0179. The molecule has 0 unspecified atom stereocenters. The fourth-order valence-corrected chi connectivity index (χ4v) is 2.89. The van der Waals surface area contributed by atoms with E-state index in [9.17, 15) is 14.3 Å². The molecule has 3 aromatic rings. The highest BCUT2D eigenvalue weighted by molar-refractivity contribution is 5.92. The summed E-state index contributed by atoms with van der Waals surface area (Å²) in [6.07, 6.45) is 4.10. The van der Waals surface area contributed by atoms with Crippen LogP contribution in [0.15, 0.2) is 60.8 Å². The van der Waals surface area contributed by atoms with Gasteiger partial charge in [0.1, 0.15) is 17.2 Å². The summed E-state index contributed by atoms with van der Waals surface area (Å²) in [6, 6.07) is 16.4. The molecule has 29 heavy (non-hydrogen) atoms. The van der Waals surface area contributed by atoms with Crippen molar-refractivity contribution in [3.63, 3.8) is 0 Å². The van der Waals surface area contributed by atoms with Crippen LogP contribution in [0.1, 0.15) is 34.3 Å². The van der Waals surface area contributed by atoms with Crippen molar-refractivity contribution in [3.05, 3.63) is 83.3 Å². The van der Waals surface area contributed by atoms with Crippen LogP contribution < -0.4 is 10.6 Å². The zero-order valence-electron chi connectivity index (χ0n) is 15.9. The Kier molecular flexibility index (Phi) is 7.10. The Morgan fingerprint density at radius 2 is 1.79 bits per heavy atom. The maximum Gasteiger partial charge on any atom is 0.341 e. The third kappa shape index (κ3) is 6.27. The lowest BCUT2D eigenvalue weighted by molar-refractivity contribution is 0.0697. The van der Waals surface area contributed by atoms with Gasteiger partial charge in [0.05, 0.1) is 0 Å². The molecule has 0 fully saturated rings. The molecule has 0 spiro atoms. The Morgan fingerprint density at radius 1 is 1.00 bits per heavy atom. The molecule has 0 aliphatic rings. The van der Waals surface area contributed by atoms with Gasteiger partial charge in [-0.25, -0.2) is 14.2 Å². The SMILES string of the molecule is O=C(O)c1cnc(NCc2cccc(F)c2)nc1NCCCCc1ccccc1. The molecule has 0 aliphatic carbocycles. The van der Waals surface area contributed by atoms with Gasteiger partial charge < -0.3 is 15.7 Å². The van der Waals surface area contributed by atoms with Crippen molar-refractivity contribution in [3.8, 4) is 0 Å². The number of aromatic nitrogens is 2. The van der Waals surface area contributed by atoms with Gasteiger partial charge in [0.15, 0.2) is 0 Å². The van der Waals surface area contributed by atoms with E-state index in [1.54, 1.807) is 12.1 Å². The maximum atomic E-state index is 13.3. The predicted octanol–water partition coefficient (Wildman–Crippen LogP) is 4.36. The number of hydrogen-bond acceptors (Lipinski definition) is 5. The molecule has 0 amide bonds. The molecule has 150 valence electrons. The van der Waals surface area contributed by atoms with Gasteiger partial charge in [0, 0.05) is 19.3 Å². The van der Waals surface area contributed by atoms with Crippen LogP contribution in [0.3, 0.4) is 0 Å². The van der Waals surface area contributed by atoms with E-state index in [1.165, 1.54) is 23.9 Å². The molecule has 0 atom stereocenters. The first-order chi connectivity index (χ1) is 14.1. The summed E-state index contributed by atoms with van der Waals surface area (Å²) in [6.45, 7) is 0.939. The van der Waals surface area contributed by atoms with Gasteiger partial charge in [-0.05, 0) is 42.5 Å². The summed E-state index contributed by atoms with van der Waals surface area (Å²) in [4.78, 5) is 19.8. The molecular weight excluding hydrogens is 371 g/mol. The Balaban J connectivity index is 1.55. The van der Waals surface area contributed by atoms with Crippen molar-refractivity contribution in [1.82, 2.24) is 9.97 Å². The van der Waals surface area contributed by atoms with E-state index in [2.05, 4.69) is 32.7 Å². The molecule has 1 aromatic heterocycles. The second-order valence-electron chi connectivity index (χ2n) is 6.61. The first-order valence-corrected chi connectivity index (χ1v) is 9.48. The molecule has 6 nitrogen and oxygen atoms in total. The normalized spacial score (nSPS) is 10.5. The van der Waals surface area contributed by atoms with Crippen molar-refractivity contribution in [2.45, 2.75) is 25.8 Å². The average molecular weight is 394 g/mol. The van der Waals surface area contributed by atoms with Crippen molar-refractivity contribution < 1.29 is 14.3 Å². The van der Waals surface area contributed by atoms with E-state index in [-0.39, 0.29) is 23.1 Å². The fourth-order valence-electron chi connectivity index (χ4n) is 2.89. The number of nitrogens with zero attached hydrogens (tertiary/aromatic N) is 2. The number of aryl methyl sites for hydroxylation is 1. The molecule has 0 saturated heterocycles. The summed E-state index contributed by atoms with van der Waals surface area (Å²) in [5, 5.41) is 15.5. The minimum atomic E-state index is -1.09. The Bertz CT molecular complexity index is 951. The van der Waals surface area contributed by atoms with E-state index in [0.717, 1.165) is 24.8 Å². The van der Waals surface area contributed by atoms with Gasteiger partial charge in [-0.3, -0.25) is 0 Å². The summed E-state index contributed by atoms with van der Waals surface area (Å²) in [5.74, 6) is -0.849. The molecule has 2 aromatic carbocycles. The Labute approximate surface area is 168 Å². The number of hydrogen-bond donors (Lipinski definition) is 3. The van der Waals surface area contributed by atoms with Gasteiger partial charge in [0.2, 0.25) is 5.95 Å². The highest BCUT2D eigenvalue weighted by Crippen LogP contribution is 2.15. The van der Waals surface area contributed by atoms with Gasteiger partial charge in [0.25, 0.3) is 0 Å². The largest absolute Gasteiger partial charge is 0.477 e. The third-order valence-corrected chi connectivity index (χ3v) is 4.39. The molecule has 0 bridgehead atoms. The topological polar surface area (TPSA) is 87.1 Å². The number of halogens is 1. The number of carbonyl (C=O) groups is 1. The van der Waals surface area contributed by atoms with Crippen LogP contribution in [0.4, 0.5) is 16.2 Å². The smallest absolute Gasteiger partial charge is 0.341 e. The number of anilines is 2. The monoisotopic (exact) mass is 394 g/mol. The zero-order chi connectivity index (χ0) is 20.5. The molecule has 3 N–H and O–H groups in total. The van der Waals surface area contributed by atoms with Gasteiger partial charge in [-0.1, -0.05) is 42.5 Å². The van der Waals surface area contributed by atoms with Crippen molar-refractivity contribution in [1.29, 1.82) is 0 Å². The number of rotatable bonds is 10. The molecule has 0 saturated carbocycles. The number of carboxylic acid groups (broad SMARTS) is 1. The summed E-state index contributed by atoms with van der Waals surface area (Å²) < 4.78 is 13.3. The Hall–Kier alpha value is -3.48. The van der Waals surface area contributed by atoms with Gasteiger partial charge >= 0.3 is 5.97 Å². The predicted molar refractivity (Wildman–Crippen MR) is 111 cm³/mol. The van der Waals surface area contributed by atoms with E-state index >= 15 is 0 Å². The number of carboxylic acids is 1. The van der Waals surface area contributed by atoms with Gasteiger partial charge in [-0.15, -0.1) is 0 Å². The fraction of sp³-hybridized carbons (Fsp3) is 0.227. The summed E-state index contributed by atoms with van der Waals surface area (Å²) in [5.41, 5.74) is 2.04. The zero-order valence-corrected chi connectivity index (χ0v) is 15.9. The van der Waals surface area contributed by atoms with E-state index < -0.39 is 5.97 Å². The number of nitrogens with one attached hydrogen (secondary N) is 2. The van der Waals surface area contributed by atoms with E-state index in [1.807, 2.05) is 18.2 Å². The van der Waals surface area contributed by atoms with E-state index in [0.29, 0.717) is 13.1 Å². The van der Waals surface area contributed by atoms with Gasteiger partial charge in [-0.2, -0.15) is 4.98 Å². The lowest BCUT2D eigenvalue weighted by Gasteiger charge is -2.11. The lowest BCUT2D eigenvalue weighted by atomic mass is 10.1. The molecule has 7 heteroatoms. The lowest BCUT2D eigenvalue weighted by Crippen LogP contribution is -2.13. The number of benzene rings is 2. The van der Waals surface area contributed by atoms with E-state index in [4.69, 9.17) is 0 Å². The first-order valence-electron chi connectivity index (χ1n) is 9.48. The number of aromatic carboxylic acids is 1. The van der Waals surface area contributed by atoms with Crippen LogP contribution in [0.5, 0.6) is 0 Å². The number of unbranched alkanes of at least 4 members (excludes halogenated alkanes) is 1. The molecule has 1 heterocycles.